The third-order valence-corrected chi connectivity index (χ3v) is 8.22. The van der Waals surface area contributed by atoms with Crippen LogP contribution in [0.1, 0.15) is 10.4 Å². The van der Waals surface area contributed by atoms with Crippen LogP contribution in [0.4, 0.5) is 0 Å². The van der Waals surface area contributed by atoms with Crippen molar-refractivity contribution in [1.29, 1.82) is 0 Å². The highest BCUT2D eigenvalue weighted by molar-refractivity contribution is 6.20. The number of carbonyl (C=O) groups is 4. The Labute approximate surface area is 249 Å². The van der Waals surface area contributed by atoms with Crippen LogP contribution < -0.4 is 0 Å². The fourth-order valence-electron chi connectivity index (χ4n) is 6.12. The van der Waals surface area contributed by atoms with Gasteiger partial charge in [-0.2, -0.15) is 0 Å². The lowest BCUT2D eigenvalue weighted by atomic mass is 9.96. The molecule has 1 fully saturated rings. The van der Waals surface area contributed by atoms with E-state index < -0.39 is 17.9 Å². The van der Waals surface area contributed by atoms with Crippen LogP contribution in [0.3, 0.4) is 0 Å². The monoisotopic (exact) mass is 588 g/mol. The molecule has 0 radical (unpaired) electrons. The van der Waals surface area contributed by atoms with E-state index in [2.05, 4.69) is 18.2 Å². The van der Waals surface area contributed by atoms with Crippen molar-refractivity contribution in [3.05, 3.63) is 60.2 Å². The molecular weight excluding hydrogens is 552 g/mol. The van der Waals surface area contributed by atoms with Crippen molar-refractivity contribution in [3.8, 4) is 22.3 Å². The van der Waals surface area contributed by atoms with Crippen molar-refractivity contribution < 1.29 is 34.5 Å². The van der Waals surface area contributed by atoms with Crippen molar-refractivity contribution in [2.24, 2.45) is 0 Å². The molecule has 0 amide bonds. The number of carboxylic acid groups (broad SMARTS) is 3. The van der Waals surface area contributed by atoms with E-state index in [1.54, 1.807) is 14.7 Å². The number of hydrogen-bond acceptors (Lipinski definition) is 8. The number of carboxylic acids is 3. The third-order valence-electron chi connectivity index (χ3n) is 8.22. The maximum atomic E-state index is 13.9. The van der Waals surface area contributed by atoms with Gasteiger partial charge in [-0.3, -0.25) is 38.8 Å². The molecule has 0 spiro atoms. The Morgan fingerprint density at radius 1 is 0.488 bits per heavy atom. The Hall–Kier alpha value is -4.16. The quantitative estimate of drug-likeness (QED) is 0.248. The molecule has 43 heavy (non-hydrogen) atoms. The van der Waals surface area contributed by atoms with Gasteiger partial charge in [-0.25, -0.2) is 0 Å². The molecule has 0 atom stereocenters. The summed E-state index contributed by atoms with van der Waals surface area (Å²) in [5.41, 5.74) is 5.13. The van der Waals surface area contributed by atoms with Gasteiger partial charge in [0.1, 0.15) is 0 Å². The highest BCUT2D eigenvalue weighted by Gasteiger charge is 2.25. The average molecular weight is 589 g/mol. The number of fused-ring (bicyclic) bond motifs is 3. The van der Waals surface area contributed by atoms with Crippen LogP contribution in [0.15, 0.2) is 54.6 Å². The minimum absolute atomic E-state index is 0.0612. The molecule has 1 saturated heterocycles. The number of benzene rings is 3. The zero-order valence-corrected chi connectivity index (χ0v) is 23.9. The molecule has 0 saturated carbocycles. The number of rotatable bonds is 9. The second-order valence-corrected chi connectivity index (χ2v) is 11.1. The van der Waals surface area contributed by atoms with Crippen LogP contribution in [0, 0.1) is 0 Å². The molecule has 0 aromatic heterocycles. The predicted molar refractivity (Wildman–Crippen MR) is 161 cm³/mol. The summed E-state index contributed by atoms with van der Waals surface area (Å²) in [6, 6.07) is 18.1. The maximum Gasteiger partial charge on any atom is 0.317 e. The van der Waals surface area contributed by atoms with Crippen LogP contribution in [0.5, 0.6) is 0 Å². The van der Waals surface area contributed by atoms with Crippen molar-refractivity contribution in [1.82, 2.24) is 19.6 Å². The molecule has 11 heteroatoms. The van der Waals surface area contributed by atoms with Crippen molar-refractivity contribution in [3.63, 3.8) is 0 Å². The van der Waals surface area contributed by atoms with E-state index >= 15 is 0 Å². The number of nitrogens with zero attached hydrogens (tertiary/aromatic N) is 4. The fourth-order valence-corrected chi connectivity index (χ4v) is 6.12. The molecule has 1 aliphatic carbocycles. The molecule has 3 aromatic carbocycles. The summed E-state index contributed by atoms with van der Waals surface area (Å²) in [5.74, 6) is -3.03. The van der Waals surface area contributed by atoms with Gasteiger partial charge < -0.3 is 15.3 Å². The summed E-state index contributed by atoms with van der Waals surface area (Å²) >= 11 is 0. The third kappa shape index (κ3) is 7.26. The first kappa shape index (κ1) is 30.3. The van der Waals surface area contributed by atoms with E-state index in [-0.39, 0.29) is 32.0 Å². The van der Waals surface area contributed by atoms with Gasteiger partial charge in [0, 0.05) is 57.9 Å². The molecule has 11 nitrogen and oxygen atoms in total. The topological polar surface area (TPSA) is 142 Å². The molecule has 0 unspecified atom stereocenters. The van der Waals surface area contributed by atoms with Crippen molar-refractivity contribution in [2.45, 2.75) is 0 Å². The summed E-state index contributed by atoms with van der Waals surface area (Å²) in [4.78, 5) is 55.6. The second-order valence-electron chi connectivity index (χ2n) is 11.1. The molecule has 2 aliphatic rings. The first-order valence-corrected chi connectivity index (χ1v) is 14.4. The maximum absolute atomic E-state index is 13.9. The summed E-state index contributed by atoms with van der Waals surface area (Å²) in [6.07, 6.45) is 0. The van der Waals surface area contributed by atoms with Gasteiger partial charge in [-0.1, -0.05) is 54.6 Å². The van der Waals surface area contributed by atoms with Gasteiger partial charge in [0.25, 0.3) is 0 Å². The number of aliphatic carboxylic acids is 3. The van der Waals surface area contributed by atoms with Crippen LogP contribution in [-0.4, -0.2) is 137 Å². The molecule has 226 valence electrons. The largest absolute Gasteiger partial charge is 0.480 e. The highest BCUT2D eigenvalue weighted by Crippen LogP contribution is 2.47. The molecule has 1 heterocycles. The van der Waals surface area contributed by atoms with E-state index in [0.717, 1.165) is 33.0 Å². The highest BCUT2D eigenvalue weighted by atomic mass is 16.4. The number of ketones is 1. The number of carbonyl (C=O) groups excluding carboxylic acids is 1. The van der Waals surface area contributed by atoms with Crippen molar-refractivity contribution in [2.75, 3.05) is 78.5 Å². The summed E-state index contributed by atoms with van der Waals surface area (Å²) < 4.78 is 0. The molecule has 3 aromatic rings. The Kier molecular flexibility index (Phi) is 9.46. The zero-order chi connectivity index (χ0) is 30.5. The van der Waals surface area contributed by atoms with E-state index in [1.807, 2.05) is 41.3 Å². The van der Waals surface area contributed by atoms with Crippen molar-refractivity contribution >= 4 is 34.5 Å². The Morgan fingerprint density at radius 3 is 1.33 bits per heavy atom. The lowest BCUT2D eigenvalue weighted by Gasteiger charge is -2.32. The van der Waals surface area contributed by atoms with Gasteiger partial charge >= 0.3 is 17.9 Å². The number of Topliss-reactive ketones (excluding diaryl/α,β-unsaturated/α-hetero) is 1. The predicted octanol–water partition coefficient (Wildman–Crippen LogP) is 2.15. The van der Waals surface area contributed by atoms with Gasteiger partial charge in [0.2, 0.25) is 0 Å². The minimum atomic E-state index is -1.00. The van der Waals surface area contributed by atoms with Gasteiger partial charge in [-0.05, 0) is 33.0 Å². The Bertz CT molecular complexity index is 1480. The van der Waals surface area contributed by atoms with Crippen LogP contribution in [-0.2, 0) is 14.4 Å². The molecule has 3 N–H and O–H groups in total. The zero-order valence-electron chi connectivity index (χ0n) is 23.9. The van der Waals surface area contributed by atoms with Crippen LogP contribution in [0.25, 0.3) is 33.0 Å². The first-order chi connectivity index (χ1) is 20.7. The number of hydrogen-bond donors (Lipinski definition) is 3. The molecule has 0 bridgehead atoms. The smallest absolute Gasteiger partial charge is 0.317 e. The first-order valence-electron chi connectivity index (χ1n) is 14.4. The lowest BCUT2D eigenvalue weighted by molar-refractivity contribution is -0.140. The van der Waals surface area contributed by atoms with E-state index in [1.165, 1.54) is 0 Å². The SMILES string of the molecule is O=C(O)CN1CCN(CC(=O)O)CCN(CC(=O)c2ccc3c4c(cccc24)-c2ccccc2-3)CCN(CC(=O)O)CC1. The minimum Gasteiger partial charge on any atom is -0.480 e. The lowest BCUT2D eigenvalue weighted by Crippen LogP contribution is -2.49. The molecular formula is C32H36N4O7. The van der Waals surface area contributed by atoms with Crippen LogP contribution in [0.2, 0.25) is 0 Å². The second kappa shape index (κ2) is 13.4. The van der Waals surface area contributed by atoms with E-state index in [4.69, 9.17) is 0 Å². The molecule has 1 aliphatic heterocycles. The van der Waals surface area contributed by atoms with Gasteiger partial charge in [-0.15, -0.1) is 0 Å². The summed E-state index contributed by atoms with van der Waals surface area (Å²) in [6.45, 7) is 2.28. The van der Waals surface area contributed by atoms with E-state index in [0.29, 0.717) is 57.9 Å². The molecule has 5 rings (SSSR count). The Balaban J connectivity index is 1.38. The van der Waals surface area contributed by atoms with Gasteiger partial charge in [0.15, 0.2) is 5.78 Å². The summed E-state index contributed by atoms with van der Waals surface area (Å²) in [7, 11) is 0. The average Bonchev–Trinajstić information content (AvgIpc) is 3.29. The summed E-state index contributed by atoms with van der Waals surface area (Å²) in [5, 5.41) is 30.3. The van der Waals surface area contributed by atoms with E-state index in [9.17, 15) is 34.5 Å². The van der Waals surface area contributed by atoms with Crippen LogP contribution >= 0.6 is 0 Å². The Morgan fingerprint density at radius 2 is 0.884 bits per heavy atom. The standard InChI is InChI=1S/C32H36N4O7/c37-28(24-8-9-27-23-5-2-1-4-22(23)25-6-3-7-26(24)32(25)27)18-33-10-12-34(19-29(38)39)14-16-36(21-31(42)43)17-15-35(13-11-33)20-30(40)41/h1-9H,10-21H2,(H,38,39)(H,40,41)(H,42,43). The fraction of sp³-hybridized carbons (Fsp3) is 0.375. The van der Waals surface area contributed by atoms with Gasteiger partial charge in [0.05, 0.1) is 26.2 Å². The normalized spacial score (nSPS) is 17.2.